The third kappa shape index (κ3) is 4.63. The Morgan fingerprint density at radius 2 is 1.90 bits per heavy atom. The van der Waals surface area contributed by atoms with Crippen LogP contribution in [0.25, 0.3) is 0 Å². The number of halogens is 3. The molecular formula is C14H19F3N2O2. The van der Waals surface area contributed by atoms with E-state index in [1.165, 1.54) is 24.8 Å². The van der Waals surface area contributed by atoms with Crippen molar-refractivity contribution in [2.24, 2.45) is 0 Å². The number of rotatable bonds is 4. The number of carbonyl (C=O) groups is 1. The van der Waals surface area contributed by atoms with E-state index in [0.717, 1.165) is 12.1 Å². The van der Waals surface area contributed by atoms with Crippen LogP contribution in [0.4, 0.5) is 18.9 Å². The predicted octanol–water partition coefficient (Wildman–Crippen LogP) is 2.52. The standard InChI is InChI=1S/C14H19F3N2O2/c1-4-19(8-13(2,3)21)12(20)9-5-6-11(18)10(7-9)14(15,16)17/h5-7,21H,4,8,18H2,1-3H3. The lowest BCUT2D eigenvalue weighted by molar-refractivity contribution is -0.136. The van der Waals surface area contributed by atoms with E-state index in [-0.39, 0.29) is 18.7 Å². The summed E-state index contributed by atoms with van der Waals surface area (Å²) >= 11 is 0. The quantitative estimate of drug-likeness (QED) is 0.840. The topological polar surface area (TPSA) is 66.6 Å². The molecule has 0 saturated carbocycles. The highest BCUT2D eigenvalue weighted by Crippen LogP contribution is 2.34. The van der Waals surface area contributed by atoms with Gasteiger partial charge in [-0.15, -0.1) is 0 Å². The van der Waals surface area contributed by atoms with Gasteiger partial charge in [0.1, 0.15) is 0 Å². The minimum Gasteiger partial charge on any atom is -0.398 e. The number of anilines is 1. The average molecular weight is 304 g/mol. The molecule has 1 aromatic carbocycles. The minimum atomic E-state index is -4.62. The van der Waals surface area contributed by atoms with Crippen LogP contribution >= 0.6 is 0 Å². The molecule has 0 saturated heterocycles. The summed E-state index contributed by atoms with van der Waals surface area (Å²) in [5.41, 5.74) is 2.60. The third-order valence-corrected chi connectivity index (χ3v) is 2.85. The zero-order valence-electron chi connectivity index (χ0n) is 12.2. The molecule has 7 heteroatoms. The molecule has 0 fully saturated rings. The predicted molar refractivity (Wildman–Crippen MR) is 73.7 cm³/mol. The maximum atomic E-state index is 12.8. The first-order chi connectivity index (χ1) is 9.45. The lowest BCUT2D eigenvalue weighted by atomic mass is 10.1. The van der Waals surface area contributed by atoms with E-state index in [4.69, 9.17) is 5.73 Å². The number of nitrogens with zero attached hydrogens (tertiary/aromatic N) is 1. The van der Waals surface area contributed by atoms with Gasteiger partial charge >= 0.3 is 6.18 Å². The first-order valence-electron chi connectivity index (χ1n) is 6.44. The van der Waals surface area contributed by atoms with Crippen LogP contribution < -0.4 is 5.73 Å². The van der Waals surface area contributed by atoms with Crippen molar-refractivity contribution in [3.63, 3.8) is 0 Å². The summed E-state index contributed by atoms with van der Waals surface area (Å²) in [5.74, 6) is -0.579. The van der Waals surface area contributed by atoms with Crippen molar-refractivity contribution in [1.82, 2.24) is 4.90 Å². The number of carbonyl (C=O) groups excluding carboxylic acids is 1. The molecule has 21 heavy (non-hydrogen) atoms. The van der Waals surface area contributed by atoms with Gasteiger partial charge in [-0.05, 0) is 39.0 Å². The molecule has 1 aromatic rings. The number of likely N-dealkylation sites (N-methyl/N-ethyl adjacent to an activating group) is 1. The monoisotopic (exact) mass is 304 g/mol. The highest BCUT2D eigenvalue weighted by Gasteiger charge is 2.34. The molecule has 0 aliphatic heterocycles. The molecule has 0 spiro atoms. The van der Waals surface area contributed by atoms with Crippen LogP contribution in [0.15, 0.2) is 18.2 Å². The fourth-order valence-corrected chi connectivity index (χ4v) is 1.91. The van der Waals surface area contributed by atoms with E-state index in [1.54, 1.807) is 6.92 Å². The number of hydrogen-bond acceptors (Lipinski definition) is 3. The van der Waals surface area contributed by atoms with E-state index >= 15 is 0 Å². The Kier molecular flexibility index (Phi) is 4.88. The Morgan fingerprint density at radius 3 is 2.33 bits per heavy atom. The number of alkyl halides is 3. The van der Waals surface area contributed by atoms with E-state index in [0.29, 0.717) is 0 Å². The lowest BCUT2D eigenvalue weighted by Crippen LogP contribution is -2.42. The summed E-state index contributed by atoms with van der Waals surface area (Å²) in [5, 5.41) is 9.75. The van der Waals surface area contributed by atoms with Crippen molar-refractivity contribution in [3.8, 4) is 0 Å². The second-order valence-electron chi connectivity index (χ2n) is 5.43. The first-order valence-corrected chi connectivity index (χ1v) is 6.44. The van der Waals surface area contributed by atoms with Gasteiger partial charge in [0.05, 0.1) is 11.2 Å². The lowest BCUT2D eigenvalue weighted by Gasteiger charge is -2.28. The summed E-state index contributed by atoms with van der Waals surface area (Å²) in [6, 6.07) is 3.05. The second-order valence-corrected chi connectivity index (χ2v) is 5.43. The zero-order chi connectivity index (χ0) is 16.4. The van der Waals surface area contributed by atoms with Gasteiger partial charge in [0, 0.05) is 24.3 Å². The maximum Gasteiger partial charge on any atom is 0.418 e. The average Bonchev–Trinajstić information content (AvgIpc) is 2.33. The number of amides is 1. The van der Waals surface area contributed by atoms with Crippen molar-refractivity contribution in [3.05, 3.63) is 29.3 Å². The highest BCUT2D eigenvalue weighted by molar-refractivity contribution is 5.95. The molecule has 0 unspecified atom stereocenters. The SMILES string of the molecule is CCN(CC(C)(C)O)C(=O)c1ccc(N)c(C(F)(F)F)c1. The van der Waals surface area contributed by atoms with Crippen molar-refractivity contribution in [1.29, 1.82) is 0 Å². The normalized spacial score (nSPS) is 12.3. The molecule has 0 radical (unpaired) electrons. The van der Waals surface area contributed by atoms with E-state index < -0.39 is 28.9 Å². The minimum absolute atomic E-state index is 0.0219. The number of benzene rings is 1. The number of nitrogen functional groups attached to an aromatic ring is 1. The molecule has 0 atom stereocenters. The summed E-state index contributed by atoms with van der Waals surface area (Å²) in [6.07, 6.45) is -4.62. The Balaban J connectivity index is 3.13. The van der Waals surface area contributed by atoms with Gasteiger partial charge in [0.15, 0.2) is 0 Å². The number of nitrogens with two attached hydrogens (primary N) is 1. The van der Waals surface area contributed by atoms with Crippen LogP contribution in [0.5, 0.6) is 0 Å². The van der Waals surface area contributed by atoms with E-state index in [2.05, 4.69) is 0 Å². The Labute approximate surface area is 121 Å². The van der Waals surface area contributed by atoms with Crippen LogP contribution in [0.2, 0.25) is 0 Å². The molecule has 1 rings (SSSR count). The smallest absolute Gasteiger partial charge is 0.398 e. The van der Waals surface area contributed by atoms with Crippen molar-refractivity contribution < 1.29 is 23.1 Å². The molecule has 0 aromatic heterocycles. The van der Waals surface area contributed by atoms with Crippen LogP contribution in [0.1, 0.15) is 36.7 Å². The van der Waals surface area contributed by atoms with Crippen LogP contribution in [-0.2, 0) is 6.18 Å². The summed E-state index contributed by atoms with van der Waals surface area (Å²) in [6.45, 7) is 5.02. The summed E-state index contributed by atoms with van der Waals surface area (Å²) in [4.78, 5) is 13.5. The Bertz CT molecular complexity index is 522. The molecule has 0 heterocycles. The fraction of sp³-hybridized carbons (Fsp3) is 0.500. The van der Waals surface area contributed by atoms with Gasteiger partial charge in [-0.1, -0.05) is 0 Å². The molecule has 3 N–H and O–H groups in total. The van der Waals surface area contributed by atoms with Gasteiger partial charge in [0.2, 0.25) is 0 Å². The molecule has 1 amide bonds. The first kappa shape index (κ1) is 17.3. The molecule has 4 nitrogen and oxygen atoms in total. The van der Waals surface area contributed by atoms with Gasteiger partial charge in [0.25, 0.3) is 5.91 Å². The number of hydrogen-bond donors (Lipinski definition) is 2. The Morgan fingerprint density at radius 1 is 1.33 bits per heavy atom. The van der Waals surface area contributed by atoms with Crippen molar-refractivity contribution in [2.75, 3.05) is 18.8 Å². The molecule has 0 bridgehead atoms. The van der Waals surface area contributed by atoms with Crippen LogP contribution in [0, 0.1) is 0 Å². The van der Waals surface area contributed by atoms with Crippen molar-refractivity contribution in [2.45, 2.75) is 32.5 Å². The van der Waals surface area contributed by atoms with Gasteiger partial charge in [-0.3, -0.25) is 4.79 Å². The van der Waals surface area contributed by atoms with E-state index in [1.807, 2.05) is 0 Å². The molecule has 0 aliphatic rings. The van der Waals surface area contributed by atoms with Crippen LogP contribution in [0.3, 0.4) is 0 Å². The zero-order valence-corrected chi connectivity index (χ0v) is 12.2. The van der Waals surface area contributed by atoms with E-state index in [9.17, 15) is 23.1 Å². The van der Waals surface area contributed by atoms with Gasteiger partial charge in [-0.25, -0.2) is 0 Å². The van der Waals surface area contributed by atoms with Crippen LogP contribution in [-0.4, -0.2) is 34.6 Å². The van der Waals surface area contributed by atoms with Gasteiger partial charge < -0.3 is 15.7 Å². The van der Waals surface area contributed by atoms with Gasteiger partial charge in [-0.2, -0.15) is 13.2 Å². The second kappa shape index (κ2) is 5.93. The third-order valence-electron chi connectivity index (χ3n) is 2.85. The molecular weight excluding hydrogens is 285 g/mol. The Hall–Kier alpha value is -1.76. The summed E-state index contributed by atoms with van der Waals surface area (Å²) < 4.78 is 38.4. The molecule has 0 aliphatic carbocycles. The summed E-state index contributed by atoms with van der Waals surface area (Å²) in [7, 11) is 0. The fourth-order valence-electron chi connectivity index (χ4n) is 1.91. The number of aliphatic hydroxyl groups is 1. The maximum absolute atomic E-state index is 12.8. The van der Waals surface area contributed by atoms with Crippen molar-refractivity contribution >= 4 is 11.6 Å². The molecule has 118 valence electrons. The highest BCUT2D eigenvalue weighted by atomic mass is 19.4. The largest absolute Gasteiger partial charge is 0.418 e.